The summed E-state index contributed by atoms with van der Waals surface area (Å²) in [4.78, 5) is 2.70. The Hall–Kier alpha value is 0.400. The third-order valence-corrected chi connectivity index (χ3v) is 6.22. The van der Waals surface area contributed by atoms with Crippen LogP contribution in [0.3, 0.4) is 0 Å². The van der Waals surface area contributed by atoms with E-state index in [2.05, 4.69) is 34.7 Å². The minimum absolute atomic E-state index is 0.493. The van der Waals surface area contributed by atoms with Gasteiger partial charge in [-0.05, 0) is 31.1 Å². The lowest BCUT2D eigenvalue weighted by Gasteiger charge is -2.40. The van der Waals surface area contributed by atoms with Crippen molar-refractivity contribution in [2.24, 2.45) is 5.41 Å². The predicted molar refractivity (Wildman–Crippen MR) is 91.7 cm³/mol. The molecule has 1 saturated carbocycles. The van der Waals surface area contributed by atoms with Crippen molar-refractivity contribution in [2.75, 3.05) is 32.1 Å². The third kappa shape index (κ3) is 5.65. The lowest BCUT2D eigenvalue weighted by Crippen LogP contribution is -2.45. The van der Waals surface area contributed by atoms with Crippen LogP contribution < -0.4 is 0 Å². The van der Waals surface area contributed by atoms with Crippen molar-refractivity contribution in [1.82, 2.24) is 4.90 Å². The van der Waals surface area contributed by atoms with Gasteiger partial charge in [0.2, 0.25) is 0 Å². The molecule has 0 spiro atoms. The van der Waals surface area contributed by atoms with Gasteiger partial charge >= 0.3 is 0 Å². The van der Waals surface area contributed by atoms with Crippen molar-refractivity contribution < 1.29 is 4.74 Å². The second kappa shape index (κ2) is 10.2. The van der Waals surface area contributed by atoms with Gasteiger partial charge in [0.05, 0.1) is 6.61 Å². The van der Waals surface area contributed by atoms with E-state index in [4.69, 9.17) is 4.74 Å². The summed E-state index contributed by atoms with van der Waals surface area (Å²) < 4.78 is 5.34. The van der Waals surface area contributed by atoms with Gasteiger partial charge in [0.15, 0.2) is 0 Å². The van der Waals surface area contributed by atoms with Crippen LogP contribution in [0, 0.1) is 5.41 Å². The van der Waals surface area contributed by atoms with Crippen LogP contribution in [-0.2, 0) is 4.74 Å². The number of nitrogens with zero attached hydrogens (tertiary/aromatic N) is 1. The van der Waals surface area contributed by atoms with Gasteiger partial charge < -0.3 is 4.74 Å². The molecule has 0 bridgehead atoms. The van der Waals surface area contributed by atoms with Crippen LogP contribution in [-0.4, -0.2) is 43.1 Å². The summed E-state index contributed by atoms with van der Waals surface area (Å²) in [5, 5.41) is 1.16. The number of ether oxygens (including phenoxy) is 1. The van der Waals surface area contributed by atoms with E-state index in [0.29, 0.717) is 11.5 Å². The largest absolute Gasteiger partial charge is 0.383 e. The molecule has 1 fully saturated rings. The molecular weight excluding hydrogens is 314 g/mol. The zero-order chi connectivity index (χ0) is 14.8. The third-order valence-electron chi connectivity index (χ3n) is 5.03. The highest BCUT2D eigenvalue weighted by Gasteiger charge is 2.33. The smallest absolute Gasteiger partial charge is 0.0589 e. The van der Waals surface area contributed by atoms with Gasteiger partial charge in [0.1, 0.15) is 0 Å². The van der Waals surface area contributed by atoms with Gasteiger partial charge in [-0.25, -0.2) is 0 Å². The number of hydrogen-bond acceptors (Lipinski definition) is 2. The van der Waals surface area contributed by atoms with Crippen molar-refractivity contribution in [3.8, 4) is 0 Å². The van der Waals surface area contributed by atoms with Gasteiger partial charge in [0, 0.05) is 31.6 Å². The molecule has 0 radical (unpaired) electrons. The summed E-state index contributed by atoms with van der Waals surface area (Å²) in [5.41, 5.74) is 0.493. The molecule has 0 heterocycles. The lowest BCUT2D eigenvalue weighted by molar-refractivity contribution is 0.0720. The zero-order valence-corrected chi connectivity index (χ0v) is 15.4. The van der Waals surface area contributed by atoms with E-state index in [-0.39, 0.29) is 0 Å². The van der Waals surface area contributed by atoms with Gasteiger partial charge in [-0.1, -0.05) is 55.5 Å². The van der Waals surface area contributed by atoms with Crippen LogP contribution in [0.1, 0.15) is 65.2 Å². The van der Waals surface area contributed by atoms with Crippen molar-refractivity contribution in [3.63, 3.8) is 0 Å². The molecule has 3 heteroatoms. The Bertz CT molecular complexity index is 235. The Morgan fingerprint density at radius 1 is 1.10 bits per heavy atom. The number of alkyl halides is 1. The fourth-order valence-corrected chi connectivity index (χ4v) is 4.39. The summed E-state index contributed by atoms with van der Waals surface area (Å²) >= 11 is 3.83. The van der Waals surface area contributed by atoms with Crippen LogP contribution in [0.5, 0.6) is 0 Å². The van der Waals surface area contributed by atoms with E-state index in [0.717, 1.165) is 18.5 Å². The maximum Gasteiger partial charge on any atom is 0.0589 e. The molecular formula is C17H34BrNO. The van der Waals surface area contributed by atoms with E-state index in [1.807, 2.05) is 7.11 Å². The molecule has 120 valence electrons. The normalized spacial score (nSPS) is 19.5. The Morgan fingerprint density at radius 3 is 2.15 bits per heavy atom. The molecule has 1 aliphatic rings. The molecule has 20 heavy (non-hydrogen) atoms. The molecule has 0 atom stereocenters. The molecule has 0 saturated heterocycles. The molecule has 1 aliphatic carbocycles. The summed E-state index contributed by atoms with van der Waals surface area (Å²) in [6, 6.07) is 0.712. The Balaban J connectivity index is 2.72. The first-order valence-corrected chi connectivity index (χ1v) is 9.62. The van der Waals surface area contributed by atoms with Crippen molar-refractivity contribution in [3.05, 3.63) is 0 Å². The van der Waals surface area contributed by atoms with Crippen LogP contribution in [0.4, 0.5) is 0 Å². The van der Waals surface area contributed by atoms with Crippen LogP contribution in [0.25, 0.3) is 0 Å². The average Bonchev–Trinajstić information content (AvgIpc) is 2.72. The van der Waals surface area contributed by atoms with E-state index < -0.39 is 0 Å². The SMILES string of the molecule is CCC(CC)N(CCOC)CC1(CBr)CCCCCC1. The first kappa shape index (κ1) is 18.4. The van der Waals surface area contributed by atoms with E-state index in [9.17, 15) is 0 Å². The van der Waals surface area contributed by atoms with Crippen LogP contribution in [0.2, 0.25) is 0 Å². The van der Waals surface area contributed by atoms with Gasteiger partial charge in [0.25, 0.3) is 0 Å². The highest BCUT2D eigenvalue weighted by atomic mass is 79.9. The Morgan fingerprint density at radius 2 is 1.70 bits per heavy atom. The van der Waals surface area contributed by atoms with Gasteiger partial charge in [-0.15, -0.1) is 0 Å². The number of methoxy groups -OCH3 is 1. The Labute approximate surface area is 134 Å². The second-order valence-corrected chi connectivity index (χ2v) is 7.04. The van der Waals surface area contributed by atoms with Crippen LogP contribution in [0.15, 0.2) is 0 Å². The van der Waals surface area contributed by atoms with E-state index >= 15 is 0 Å². The topological polar surface area (TPSA) is 12.5 Å². The molecule has 2 nitrogen and oxygen atoms in total. The van der Waals surface area contributed by atoms with Crippen molar-refractivity contribution in [1.29, 1.82) is 0 Å². The standard InChI is InChI=1S/C17H34BrNO/c1-4-16(5-2)19(12-13-20-3)15-17(14-18)10-8-6-7-9-11-17/h16H,4-15H2,1-3H3. The second-order valence-electron chi connectivity index (χ2n) is 6.48. The first-order chi connectivity index (χ1) is 9.71. The minimum atomic E-state index is 0.493. The molecule has 0 aromatic carbocycles. The highest BCUT2D eigenvalue weighted by molar-refractivity contribution is 9.09. The molecule has 0 N–H and O–H groups in total. The highest BCUT2D eigenvalue weighted by Crippen LogP contribution is 2.38. The maximum atomic E-state index is 5.34. The quantitative estimate of drug-likeness (QED) is 0.436. The number of rotatable bonds is 9. The summed E-state index contributed by atoms with van der Waals surface area (Å²) in [6.45, 7) is 7.82. The van der Waals surface area contributed by atoms with Crippen molar-refractivity contribution >= 4 is 15.9 Å². The zero-order valence-electron chi connectivity index (χ0n) is 13.8. The van der Waals surface area contributed by atoms with E-state index in [1.54, 1.807) is 0 Å². The van der Waals surface area contributed by atoms with Crippen molar-refractivity contribution in [2.45, 2.75) is 71.3 Å². The molecule has 0 aliphatic heterocycles. The molecule has 0 unspecified atom stereocenters. The van der Waals surface area contributed by atoms with Gasteiger partial charge in [-0.3, -0.25) is 4.90 Å². The van der Waals surface area contributed by atoms with Gasteiger partial charge in [-0.2, -0.15) is 0 Å². The monoisotopic (exact) mass is 347 g/mol. The average molecular weight is 348 g/mol. The molecule has 0 amide bonds. The Kier molecular flexibility index (Phi) is 9.39. The molecule has 1 rings (SSSR count). The maximum absolute atomic E-state index is 5.34. The number of halogens is 1. The minimum Gasteiger partial charge on any atom is -0.383 e. The first-order valence-electron chi connectivity index (χ1n) is 8.50. The lowest BCUT2D eigenvalue weighted by atomic mass is 9.81. The fourth-order valence-electron chi connectivity index (χ4n) is 3.65. The molecule has 0 aromatic rings. The summed E-state index contributed by atoms with van der Waals surface area (Å²) in [6.07, 6.45) is 11.0. The summed E-state index contributed by atoms with van der Waals surface area (Å²) in [5.74, 6) is 0. The number of hydrogen-bond donors (Lipinski definition) is 0. The fraction of sp³-hybridized carbons (Fsp3) is 1.00. The molecule has 0 aromatic heterocycles. The summed E-state index contributed by atoms with van der Waals surface area (Å²) in [7, 11) is 1.82. The van der Waals surface area contributed by atoms with Crippen LogP contribution >= 0.6 is 15.9 Å². The predicted octanol–water partition coefficient (Wildman–Crippen LogP) is 4.86. The van der Waals surface area contributed by atoms with E-state index in [1.165, 1.54) is 57.9 Å².